The molecular weight excluding hydrogens is 359 g/mol. The molecule has 0 spiro atoms. The maximum atomic E-state index is 13.5. The average Bonchev–Trinajstić information content (AvgIpc) is 2.61. The Balaban J connectivity index is 1.80. The minimum atomic E-state index is -3.92. The van der Waals surface area contributed by atoms with Gasteiger partial charge >= 0.3 is 7.82 Å². The van der Waals surface area contributed by atoms with Gasteiger partial charge < -0.3 is 13.6 Å². The van der Waals surface area contributed by atoms with Crippen LogP contribution in [0.2, 0.25) is 0 Å². The molecule has 0 fully saturated rings. The van der Waals surface area contributed by atoms with E-state index in [1.165, 1.54) is 0 Å². The highest BCUT2D eigenvalue weighted by atomic mass is 31.2. The minimum absolute atomic E-state index is 0.437. The first-order valence-electron chi connectivity index (χ1n) is 8.85. The molecule has 5 heteroatoms. The van der Waals surface area contributed by atoms with Crippen molar-refractivity contribution in [1.29, 1.82) is 0 Å². The lowest BCUT2D eigenvalue weighted by atomic mass is 10.00. The van der Waals surface area contributed by atoms with Crippen LogP contribution in [0.5, 0.6) is 17.2 Å². The molecule has 0 aliphatic carbocycles. The minimum Gasteiger partial charge on any atom is -0.386 e. The zero-order chi connectivity index (χ0) is 19.0. The fraction of sp³-hybridized carbons (Fsp3) is 0.182. The van der Waals surface area contributed by atoms with Crippen LogP contribution < -0.4 is 13.6 Å². The Morgan fingerprint density at radius 1 is 0.741 bits per heavy atom. The van der Waals surface area contributed by atoms with Gasteiger partial charge in [0, 0.05) is 6.42 Å². The summed E-state index contributed by atoms with van der Waals surface area (Å²) in [5.74, 6) is 1.47. The van der Waals surface area contributed by atoms with Gasteiger partial charge in [-0.2, -0.15) is 4.57 Å². The second kappa shape index (κ2) is 6.79. The molecule has 1 aliphatic rings. The van der Waals surface area contributed by atoms with Gasteiger partial charge in [0.1, 0.15) is 17.2 Å². The van der Waals surface area contributed by atoms with Gasteiger partial charge in [0.05, 0.1) is 0 Å². The zero-order valence-electron chi connectivity index (χ0n) is 15.6. The lowest BCUT2D eigenvalue weighted by Crippen LogP contribution is -2.12. The quantitative estimate of drug-likeness (QED) is 0.500. The molecule has 0 bridgehead atoms. The van der Waals surface area contributed by atoms with Crippen molar-refractivity contribution in [3.05, 3.63) is 88.5 Å². The lowest BCUT2D eigenvalue weighted by molar-refractivity contribution is 0.294. The van der Waals surface area contributed by atoms with E-state index in [0.29, 0.717) is 23.7 Å². The molecule has 0 amide bonds. The van der Waals surface area contributed by atoms with Gasteiger partial charge in [-0.3, -0.25) is 0 Å². The van der Waals surface area contributed by atoms with E-state index < -0.39 is 7.82 Å². The number of fused-ring (bicyclic) bond motifs is 2. The lowest BCUT2D eigenvalue weighted by Gasteiger charge is -2.25. The van der Waals surface area contributed by atoms with E-state index in [9.17, 15) is 4.57 Å². The van der Waals surface area contributed by atoms with E-state index in [1.807, 2.05) is 69.3 Å². The summed E-state index contributed by atoms with van der Waals surface area (Å²) in [5, 5.41) is 0. The average molecular weight is 380 g/mol. The second-order valence-electron chi connectivity index (χ2n) is 6.93. The van der Waals surface area contributed by atoms with E-state index in [1.54, 1.807) is 12.1 Å². The number of benzene rings is 3. The van der Waals surface area contributed by atoms with Crippen molar-refractivity contribution in [1.82, 2.24) is 0 Å². The van der Waals surface area contributed by atoms with Gasteiger partial charge in [-0.15, -0.1) is 0 Å². The molecule has 0 saturated heterocycles. The second-order valence-corrected chi connectivity index (χ2v) is 8.38. The fourth-order valence-electron chi connectivity index (χ4n) is 3.10. The number of rotatable bonds is 2. The molecule has 1 aliphatic heterocycles. The first-order chi connectivity index (χ1) is 12.9. The van der Waals surface area contributed by atoms with Crippen molar-refractivity contribution in [2.24, 2.45) is 0 Å². The summed E-state index contributed by atoms with van der Waals surface area (Å²) >= 11 is 0. The largest absolute Gasteiger partial charge is 0.647 e. The van der Waals surface area contributed by atoms with Gasteiger partial charge in [-0.05, 0) is 56.2 Å². The Morgan fingerprint density at radius 2 is 1.22 bits per heavy atom. The molecule has 138 valence electrons. The molecule has 27 heavy (non-hydrogen) atoms. The van der Waals surface area contributed by atoms with Crippen molar-refractivity contribution in [2.75, 3.05) is 0 Å². The molecule has 4 rings (SSSR count). The maximum Gasteiger partial charge on any atom is 0.647 e. The third kappa shape index (κ3) is 3.86. The van der Waals surface area contributed by atoms with Gasteiger partial charge in [-0.25, -0.2) is 0 Å². The van der Waals surface area contributed by atoms with Crippen molar-refractivity contribution in [2.45, 2.75) is 27.2 Å². The third-order valence-electron chi connectivity index (χ3n) is 4.47. The van der Waals surface area contributed by atoms with Gasteiger partial charge in [0.25, 0.3) is 0 Å². The Morgan fingerprint density at radius 3 is 1.74 bits per heavy atom. The van der Waals surface area contributed by atoms with E-state index in [0.717, 1.165) is 27.8 Å². The molecule has 3 aromatic carbocycles. The van der Waals surface area contributed by atoms with E-state index in [4.69, 9.17) is 13.6 Å². The number of hydrogen-bond donors (Lipinski definition) is 0. The monoisotopic (exact) mass is 380 g/mol. The number of aryl methyl sites for hydroxylation is 3. The highest BCUT2D eigenvalue weighted by molar-refractivity contribution is 7.49. The molecule has 0 radical (unpaired) electrons. The predicted molar refractivity (Wildman–Crippen MR) is 106 cm³/mol. The van der Waals surface area contributed by atoms with Crippen LogP contribution in [0.15, 0.2) is 60.7 Å². The van der Waals surface area contributed by atoms with Crippen LogP contribution in [-0.4, -0.2) is 0 Å². The van der Waals surface area contributed by atoms with Gasteiger partial charge in [-0.1, -0.05) is 53.1 Å². The first kappa shape index (κ1) is 17.7. The summed E-state index contributed by atoms with van der Waals surface area (Å²) in [6.45, 7) is 6.02. The van der Waals surface area contributed by atoms with E-state index >= 15 is 0 Å². The van der Waals surface area contributed by atoms with Crippen molar-refractivity contribution < 1.29 is 18.1 Å². The number of phosphoric acid groups is 1. The SMILES string of the molecule is Cc1ccc(OP2(=O)Oc3ccc(C)cc3Cc3cc(C)ccc3O2)cc1. The van der Waals surface area contributed by atoms with Crippen LogP contribution in [-0.2, 0) is 11.0 Å². The Hall–Kier alpha value is -2.71. The Bertz CT molecular complexity index is 983. The molecule has 0 atom stereocenters. The van der Waals surface area contributed by atoms with Crippen molar-refractivity contribution >= 4 is 7.82 Å². The fourth-order valence-corrected chi connectivity index (χ4v) is 4.43. The molecule has 3 aromatic rings. The maximum absolute atomic E-state index is 13.5. The highest BCUT2D eigenvalue weighted by Crippen LogP contribution is 2.53. The van der Waals surface area contributed by atoms with Crippen molar-refractivity contribution in [3.63, 3.8) is 0 Å². The summed E-state index contributed by atoms with van der Waals surface area (Å²) in [6.07, 6.45) is 0.637. The molecule has 0 saturated carbocycles. The summed E-state index contributed by atoms with van der Waals surface area (Å²) in [6, 6.07) is 18.9. The van der Waals surface area contributed by atoms with Crippen LogP contribution in [0.25, 0.3) is 0 Å². The normalized spacial score (nSPS) is 14.6. The standard InChI is InChI=1S/C22H21O4P/c1-15-4-8-20(9-5-15)24-27(23)25-21-10-6-16(2)12-18(21)14-19-13-17(3)7-11-22(19)26-27/h4-13H,14H2,1-3H3. The van der Waals surface area contributed by atoms with E-state index in [2.05, 4.69) is 0 Å². The van der Waals surface area contributed by atoms with Gasteiger partial charge in [0.2, 0.25) is 0 Å². The molecule has 4 nitrogen and oxygen atoms in total. The Labute approximate surface area is 159 Å². The Kier molecular flexibility index (Phi) is 4.45. The third-order valence-corrected chi connectivity index (χ3v) is 5.75. The highest BCUT2D eigenvalue weighted by Gasteiger charge is 2.36. The number of phosphoric ester groups is 1. The van der Waals surface area contributed by atoms with Gasteiger partial charge in [0.15, 0.2) is 0 Å². The van der Waals surface area contributed by atoms with Crippen LogP contribution in [0.1, 0.15) is 27.8 Å². The first-order valence-corrected chi connectivity index (χ1v) is 10.3. The number of hydrogen-bond acceptors (Lipinski definition) is 4. The smallest absolute Gasteiger partial charge is 0.386 e. The molecule has 1 heterocycles. The predicted octanol–water partition coefficient (Wildman–Crippen LogP) is 6.16. The van der Waals surface area contributed by atoms with Crippen LogP contribution >= 0.6 is 7.82 Å². The molecule has 0 aromatic heterocycles. The topological polar surface area (TPSA) is 44.8 Å². The summed E-state index contributed by atoms with van der Waals surface area (Å²) in [4.78, 5) is 0. The molecular formula is C22H21O4P. The summed E-state index contributed by atoms with van der Waals surface area (Å²) < 4.78 is 30.8. The summed E-state index contributed by atoms with van der Waals surface area (Å²) in [7, 11) is -3.92. The van der Waals surface area contributed by atoms with Crippen molar-refractivity contribution in [3.8, 4) is 17.2 Å². The summed E-state index contributed by atoms with van der Waals surface area (Å²) in [5.41, 5.74) is 5.22. The van der Waals surface area contributed by atoms with Crippen LogP contribution in [0.4, 0.5) is 0 Å². The molecule has 0 unspecified atom stereocenters. The van der Waals surface area contributed by atoms with E-state index in [-0.39, 0.29) is 0 Å². The van der Waals surface area contributed by atoms with Crippen LogP contribution in [0.3, 0.4) is 0 Å². The molecule has 0 N–H and O–H groups in total. The van der Waals surface area contributed by atoms with Crippen LogP contribution in [0, 0.1) is 20.8 Å². The zero-order valence-corrected chi connectivity index (χ0v) is 16.5.